The Kier molecular flexibility index (Phi) is 4.41. The van der Waals surface area contributed by atoms with E-state index in [0.29, 0.717) is 12.2 Å². The first-order valence-corrected chi connectivity index (χ1v) is 9.07. The summed E-state index contributed by atoms with van der Waals surface area (Å²) in [7, 11) is 0. The van der Waals surface area contributed by atoms with Gasteiger partial charge in [0.05, 0.1) is 0 Å². The predicted molar refractivity (Wildman–Crippen MR) is 98.8 cm³/mol. The van der Waals surface area contributed by atoms with Crippen molar-refractivity contribution in [2.45, 2.75) is 44.3 Å². The van der Waals surface area contributed by atoms with E-state index in [1.54, 1.807) is 0 Å². The van der Waals surface area contributed by atoms with Crippen LogP contribution in [0.15, 0.2) is 60.4 Å². The van der Waals surface area contributed by atoms with Gasteiger partial charge in [0.1, 0.15) is 5.75 Å². The number of hydrogen-bond donors (Lipinski definition) is 0. The molecule has 1 aliphatic heterocycles. The molecule has 0 radical (unpaired) electrons. The zero-order valence-corrected chi connectivity index (χ0v) is 14.8. The Labute approximate surface area is 153 Å². The average molecular weight is 350 g/mol. The summed E-state index contributed by atoms with van der Waals surface area (Å²) in [5, 5.41) is 0. The molecule has 1 saturated heterocycles. The van der Waals surface area contributed by atoms with Crippen LogP contribution in [0.5, 0.6) is 5.75 Å². The molecule has 1 heterocycles. The molecule has 0 aromatic heterocycles. The van der Waals surface area contributed by atoms with Crippen LogP contribution in [0, 0.1) is 6.92 Å². The first-order valence-electron chi connectivity index (χ1n) is 9.07. The largest absolute Gasteiger partial charge is 0.509 e. The van der Waals surface area contributed by atoms with Crippen molar-refractivity contribution in [1.82, 2.24) is 0 Å². The zero-order valence-electron chi connectivity index (χ0n) is 14.8. The van der Waals surface area contributed by atoms with E-state index in [0.717, 1.165) is 36.1 Å². The molecule has 0 spiro atoms. The van der Waals surface area contributed by atoms with Crippen LogP contribution in [0.4, 0.5) is 4.79 Å². The van der Waals surface area contributed by atoms with Gasteiger partial charge in [0, 0.05) is 0 Å². The molecule has 134 valence electrons. The smallest absolute Gasteiger partial charge is 0.457 e. The molecule has 0 amide bonds. The quantitative estimate of drug-likeness (QED) is 0.557. The van der Waals surface area contributed by atoms with Crippen molar-refractivity contribution in [3.8, 4) is 5.75 Å². The van der Waals surface area contributed by atoms with Crippen molar-refractivity contribution in [2.75, 3.05) is 0 Å². The number of aryl methyl sites for hydroxylation is 1. The third kappa shape index (κ3) is 3.19. The summed E-state index contributed by atoms with van der Waals surface area (Å²) in [6.45, 7) is 2.03. The lowest BCUT2D eigenvalue weighted by molar-refractivity contribution is 0.00280. The highest BCUT2D eigenvalue weighted by molar-refractivity contribution is 5.66. The minimum atomic E-state index is -0.851. The maximum absolute atomic E-state index is 11.9. The summed E-state index contributed by atoms with van der Waals surface area (Å²) in [6, 6.07) is 17.8. The fourth-order valence-electron chi connectivity index (χ4n) is 3.68. The molecule has 0 N–H and O–H groups in total. The molecule has 1 saturated carbocycles. The topological polar surface area (TPSA) is 44.8 Å². The number of ether oxygens (including phenoxy) is 3. The summed E-state index contributed by atoms with van der Waals surface area (Å²) in [5.41, 5.74) is 1.31. The third-order valence-corrected chi connectivity index (χ3v) is 5.05. The highest BCUT2D eigenvalue weighted by atomic mass is 16.8. The van der Waals surface area contributed by atoms with Crippen LogP contribution in [0.25, 0.3) is 6.08 Å². The minimum Gasteiger partial charge on any atom is -0.457 e. The van der Waals surface area contributed by atoms with Crippen LogP contribution in [-0.2, 0) is 9.47 Å². The van der Waals surface area contributed by atoms with Gasteiger partial charge < -0.3 is 14.2 Å². The van der Waals surface area contributed by atoms with Gasteiger partial charge in [-0.1, -0.05) is 48.0 Å². The number of fused-ring (bicyclic) bond motifs is 1. The Bertz CT molecular complexity index is 810. The molecule has 2 aromatic carbocycles. The SMILES string of the molecule is Cc1ccc(O/C(=C\c2ccccc2)[C@]23CCCC[C@H]2OC(=O)O3)cc1. The van der Waals surface area contributed by atoms with E-state index in [2.05, 4.69) is 0 Å². The number of carbonyl (C=O) groups excluding carboxylic acids is 1. The second kappa shape index (κ2) is 6.87. The maximum Gasteiger partial charge on any atom is 0.509 e. The fourth-order valence-corrected chi connectivity index (χ4v) is 3.68. The minimum absolute atomic E-state index is 0.302. The molecule has 0 bridgehead atoms. The third-order valence-electron chi connectivity index (χ3n) is 5.05. The van der Waals surface area contributed by atoms with Crippen LogP contribution in [0.3, 0.4) is 0 Å². The van der Waals surface area contributed by atoms with Gasteiger partial charge in [0.15, 0.2) is 11.9 Å². The molecule has 4 nitrogen and oxygen atoms in total. The van der Waals surface area contributed by atoms with Crippen LogP contribution < -0.4 is 4.74 Å². The van der Waals surface area contributed by atoms with E-state index in [-0.39, 0.29) is 6.10 Å². The van der Waals surface area contributed by atoms with Gasteiger partial charge >= 0.3 is 6.16 Å². The van der Waals surface area contributed by atoms with Gasteiger partial charge in [-0.3, -0.25) is 0 Å². The maximum atomic E-state index is 11.9. The van der Waals surface area contributed by atoms with Gasteiger partial charge in [-0.05, 0) is 56.4 Å². The van der Waals surface area contributed by atoms with Gasteiger partial charge in [-0.15, -0.1) is 0 Å². The summed E-state index contributed by atoms with van der Waals surface area (Å²) in [5.74, 6) is 1.35. The Morgan fingerprint density at radius 3 is 2.65 bits per heavy atom. The normalized spacial score (nSPS) is 25.2. The van der Waals surface area contributed by atoms with Gasteiger partial charge in [-0.2, -0.15) is 0 Å². The number of carbonyl (C=O) groups is 1. The molecule has 26 heavy (non-hydrogen) atoms. The molecular formula is C22H22O4. The Balaban J connectivity index is 1.76. The van der Waals surface area contributed by atoms with Crippen molar-refractivity contribution in [1.29, 1.82) is 0 Å². The Hall–Kier alpha value is -2.75. The van der Waals surface area contributed by atoms with E-state index in [4.69, 9.17) is 14.2 Å². The Morgan fingerprint density at radius 2 is 1.88 bits per heavy atom. The van der Waals surface area contributed by atoms with Crippen molar-refractivity contribution < 1.29 is 19.0 Å². The van der Waals surface area contributed by atoms with Gasteiger partial charge in [0.2, 0.25) is 5.60 Å². The summed E-state index contributed by atoms with van der Waals surface area (Å²) < 4.78 is 17.5. The molecule has 2 fully saturated rings. The highest BCUT2D eigenvalue weighted by Gasteiger charge is 2.56. The second-order valence-electron chi connectivity index (χ2n) is 6.93. The van der Waals surface area contributed by atoms with Crippen LogP contribution in [0.2, 0.25) is 0 Å². The summed E-state index contributed by atoms with van der Waals surface area (Å²) in [4.78, 5) is 11.9. The molecule has 2 aliphatic rings. The predicted octanol–water partition coefficient (Wildman–Crippen LogP) is 5.26. The molecule has 0 unspecified atom stereocenters. The van der Waals surface area contributed by atoms with Crippen molar-refractivity contribution >= 4 is 12.2 Å². The molecule has 4 rings (SSSR count). The first-order chi connectivity index (χ1) is 12.7. The number of benzene rings is 2. The van der Waals surface area contributed by atoms with Crippen LogP contribution in [-0.4, -0.2) is 17.9 Å². The lowest BCUT2D eigenvalue weighted by Gasteiger charge is -2.36. The fraction of sp³-hybridized carbons (Fsp3) is 0.318. The van der Waals surface area contributed by atoms with E-state index in [9.17, 15) is 4.79 Å². The van der Waals surface area contributed by atoms with Gasteiger partial charge in [0.25, 0.3) is 0 Å². The first kappa shape index (κ1) is 16.7. The highest BCUT2D eigenvalue weighted by Crippen LogP contribution is 2.45. The molecule has 1 aliphatic carbocycles. The van der Waals surface area contributed by atoms with E-state index < -0.39 is 11.8 Å². The van der Waals surface area contributed by atoms with E-state index in [1.165, 1.54) is 0 Å². The summed E-state index contributed by atoms with van der Waals surface area (Å²) in [6.07, 6.45) is 4.53. The van der Waals surface area contributed by atoms with Crippen molar-refractivity contribution in [3.05, 3.63) is 71.5 Å². The zero-order chi connectivity index (χ0) is 18.0. The van der Waals surface area contributed by atoms with Crippen molar-refractivity contribution in [3.63, 3.8) is 0 Å². The van der Waals surface area contributed by atoms with Crippen LogP contribution in [0.1, 0.15) is 36.8 Å². The monoisotopic (exact) mass is 350 g/mol. The van der Waals surface area contributed by atoms with E-state index >= 15 is 0 Å². The molecule has 2 aromatic rings. The average Bonchev–Trinajstić information content (AvgIpc) is 3.01. The van der Waals surface area contributed by atoms with Crippen LogP contribution >= 0.6 is 0 Å². The Morgan fingerprint density at radius 1 is 1.12 bits per heavy atom. The lowest BCUT2D eigenvalue weighted by atomic mass is 9.80. The number of rotatable bonds is 4. The second-order valence-corrected chi connectivity index (χ2v) is 6.93. The standard InChI is InChI=1S/C22H22O4/c1-16-10-12-18(13-11-16)24-20(15-17-7-3-2-4-8-17)22-14-6-5-9-19(22)25-21(23)26-22/h2-4,7-8,10-13,15,19H,5-6,9,14H2,1H3/b20-15-/t19-,22+/m1/s1. The molecule has 2 atom stereocenters. The summed E-state index contributed by atoms with van der Waals surface area (Å²) >= 11 is 0. The lowest BCUT2D eigenvalue weighted by Crippen LogP contribution is -2.45. The van der Waals surface area contributed by atoms with E-state index in [1.807, 2.05) is 67.6 Å². The van der Waals surface area contributed by atoms with Gasteiger partial charge in [-0.25, -0.2) is 4.79 Å². The number of hydrogen-bond acceptors (Lipinski definition) is 4. The van der Waals surface area contributed by atoms with Crippen molar-refractivity contribution in [2.24, 2.45) is 0 Å². The molecular weight excluding hydrogens is 328 g/mol. The molecule has 4 heteroatoms.